The molecular formula is C21H34N4O2S2. The first-order valence-electron chi connectivity index (χ1n) is 10.7. The van der Waals surface area contributed by atoms with Crippen molar-refractivity contribution in [2.45, 2.75) is 61.8 Å². The minimum atomic E-state index is -3.47. The number of sulfonamides is 1. The van der Waals surface area contributed by atoms with Crippen molar-refractivity contribution >= 4 is 33.0 Å². The summed E-state index contributed by atoms with van der Waals surface area (Å²) in [5.74, 6) is 0. The number of thiocarbonyl (C=S) groups is 1. The molecule has 0 aromatic heterocycles. The van der Waals surface area contributed by atoms with Gasteiger partial charge in [0.05, 0.1) is 4.90 Å². The van der Waals surface area contributed by atoms with E-state index < -0.39 is 10.0 Å². The molecule has 2 N–H and O–H groups in total. The van der Waals surface area contributed by atoms with Gasteiger partial charge in [0.1, 0.15) is 0 Å². The van der Waals surface area contributed by atoms with E-state index in [2.05, 4.69) is 15.5 Å². The molecule has 1 aliphatic heterocycles. The van der Waals surface area contributed by atoms with E-state index in [0.29, 0.717) is 10.8 Å². The molecule has 162 valence electrons. The zero-order valence-electron chi connectivity index (χ0n) is 17.6. The summed E-state index contributed by atoms with van der Waals surface area (Å²) in [6, 6.07) is 6.80. The number of hydrogen-bond acceptors (Lipinski definition) is 4. The van der Waals surface area contributed by atoms with E-state index in [9.17, 15) is 8.42 Å². The van der Waals surface area contributed by atoms with Crippen molar-refractivity contribution < 1.29 is 8.42 Å². The summed E-state index contributed by atoms with van der Waals surface area (Å²) in [4.78, 5) is 2.95. The van der Waals surface area contributed by atoms with Gasteiger partial charge < -0.3 is 10.6 Å². The highest BCUT2D eigenvalue weighted by molar-refractivity contribution is 7.89. The Morgan fingerprint density at radius 3 is 2.41 bits per heavy atom. The summed E-state index contributed by atoms with van der Waals surface area (Å²) >= 11 is 5.54. The number of anilines is 1. The molecule has 0 bridgehead atoms. The molecule has 0 unspecified atom stereocenters. The van der Waals surface area contributed by atoms with E-state index in [1.165, 1.54) is 82.9 Å². The maximum absolute atomic E-state index is 12.4. The number of rotatable bonds is 6. The van der Waals surface area contributed by atoms with Crippen molar-refractivity contribution in [3.8, 4) is 0 Å². The number of likely N-dealkylation sites (tertiary alicyclic amines) is 1. The molecule has 8 heteroatoms. The Balaban J connectivity index is 1.64. The summed E-state index contributed by atoms with van der Waals surface area (Å²) in [5, 5.41) is 7.16. The third kappa shape index (κ3) is 5.48. The van der Waals surface area contributed by atoms with E-state index in [1.807, 2.05) is 6.07 Å². The second kappa shape index (κ2) is 9.73. The third-order valence-electron chi connectivity index (χ3n) is 6.26. The second-order valence-electron chi connectivity index (χ2n) is 8.46. The van der Waals surface area contributed by atoms with Crippen molar-refractivity contribution in [2.24, 2.45) is 0 Å². The van der Waals surface area contributed by atoms with Crippen molar-refractivity contribution in [1.82, 2.24) is 14.5 Å². The highest BCUT2D eigenvalue weighted by Gasteiger charge is 2.38. The number of hydrogen-bond donors (Lipinski definition) is 2. The van der Waals surface area contributed by atoms with Gasteiger partial charge in [-0.1, -0.05) is 31.7 Å². The van der Waals surface area contributed by atoms with Crippen LogP contribution in [0.3, 0.4) is 0 Å². The van der Waals surface area contributed by atoms with E-state index >= 15 is 0 Å². The highest BCUT2D eigenvalue weighted by atomic mass is 32.2. The first-order valence-corrected chi connectivity index (χ1v) is 12.5. The maximum Gasteiger partial charge on any atom is 0.242 e. The van der Waals surface area contributed by atoms with Crippen LogP contribution in [-0.4, -0.2) is 62.0 Å². The summed E-state index contributed by atoms with van der Waals surface area (Å²) in [7, 11) is -0.399. The smallest absolute Gasteiger partial charge is 0.242 e. The Labute approximate surface area is 181 Å². The van der Waals surface area contributed by atoms with Crippen LogP contribution in [0.1, 0.15) is 51.4 Å². The fourth-order valence-electron chi connectivity index (χ4n) is 4.55. The van der Waals surface area contributed by atoms with Crippen molar-refractivity contribution in [3.05, 3.63) is 24.3 Å². The Bertz CT molecular complexity index is 799. The first kappa shape index (κ1) is 22.5. The minimum absolute atomic E-state index is 0.195. The van der Waals surface area contributed by atoms with Gasteiger partial charge >= 0.3 is 0 Å². The van der Waals surface area contributed by atoms with Crippen molar-refractivity contribution in [3.63, 3.8) is 0 Å². The van der Waals surface area contributed by atoms with Crippen LogP contribution in [0.2, 0.25) is 0 Å². The molecule has 1 heterocycles. The molecule has 29 heavy (non-hydrogen) atoms. The monoisotopic (exact) mass is 438 g/mol. The summed E-state index contributed by atoms with van der Waals surface area (Å²) in [5.41, 5.74) is 0.877. The number of piperidine rings is 1. The lowest BCUT2D eigenvalue weighted by Crippen LogP contribution is -2.58. The Morgan fingerprint density at radius 2 is 1.76 bits per heavy atom. The van der Waals surface area contributed by atoms with Crippen LogP contribution in [0.5, 0.6) is 0 Å². The van der Waals surface area contributed by atoms with Gasteiger partial charge in [0.25, 0.3) is 0 Å². The highest BCUT2D eigenvalue weighted by Crippen LogP contribution is 2.35. The average molecular weight is 439 g/mol. The molecule has 1 aliphatic carbocycles. The van der Waals surface area contributed by atoms with Crippen LogP contribution in [0.4, 0.5) is 5.69 Å². The van der Waals surface area contributed by atoms with Gasteiger partial charge in [-0.25, -0.2) is 12.7 Å². The van der Waals surface area contributed by atoms with Gasteiger partial charge in [0.2, 0.25) is 10.0 Å². The lowest BCUT2D eigenvalue weighted by atomic mass is 9.79. The van der Waals surface area contributed by atoms with Crippen LogP contribution >= 0.6 is 12.2 Å². The minimum Gasteiger partial charge on any atom is -0.361 e. The Kier molecular flexibility index (Phi) is 7.53. The summed E-state index contributed by atoms with van der Waals surface area (Å²) in [6.45, 7) is 3.22. The SMILES string of the molecule is CN(C)S(=O)(=O)c1cccc(NC(=S)NCC2(N3CCCCC3)CCCCC2)c1. The van der Waals surface area contributed by atoms with E-state index in [0.717, 1.165) is 6.54 Å². The molecule has 0 spiro atoms. The van der Waals surface area contributed by atoms with Crippen LogP contribution in [-0.2, 0) is 10.0 Å². The molecule has 1 saturated carbocycles. The number of benzene rings is 1. The van der Waals surface area contributed by atoms with Crippen molar-refractivity contribution in [2.75, 3.05) is 39.0 Å². The first-order chi connectivity index (χ1) is 13.8. The average Bonchev–Trinajstić information content (AvgIpc) is 2.74. The van der Waals surface area contributed by atoms with E-state index in [-0.39, 0.29) is 10.4 Å². The number of nitrogens with one attached hydrogen (secondary N) is 2. The molecule has 1 aromatic rings. The fraction of sp³-hybridized carbons (Fsp3) is 0.667. The lowest BCUT2D eigenvalue weighted by Gasteiger charge is -2.48. The van der Waals surface area contributed by atoms with Crippen molar-refractivity contribution in [1.29, 1.82) is 0 Å². The van der Waals surface area contributed by atoms with Gasteiger partial charge in [0.15, 0.2) is 5.11 Å². The molecule has 6 nitrogen and oxygen atoms in total. The van der Waals surface area contributed by atoms with Gasteiger partial charge in [-0.2, -0.15) is 0 Å². The molecule has 1 aromatic carbocycles. The molecule has 3 rings (SSSR count). The lowest BCUT2D eigenvalue weighted by molar-refractivity contribution is 0.0371. The number of nitrogens with zero attached hydrogens (tertiary/aromatic N) is 2. The molecule has 2 fully saturated rings. The van der Waals surface area contributed by atoms with Gasteiger partial charge in [-0.15, -0.1) is 0 Å². The zero-order chi connectivity index (χ0) is 20.9. The van der Waals surface area contributed by atoms with Crippen LogP contribution in [0, 0.1) is 0 Å². The predicted octanol–water partition coefficient (Wildman–Crippen LogP) is 3.41. The van der Waals surface area contributed by atoms with E-state index in [1.54, 1.807) is 18.2 Å². The Morgan fingerprint density at radius 1 is 1.10 bits per heavy atom. The standard InChI is InChI=1S/C21H34N4O2S2/c1-24(2)29(26,27)19-11-9-10-18(16-19)23-20(28)22-17-21(12-5-3-6-13-21)25-14-7-4-8-15-25/h9-11,16H,3-8,12-15,17H2,1-2H3,(H2,22,23,28). The predicted molar refractivity (Wildman–Crippen MR) is 123 cm³/mol. The zero-order valence-corrected chi connectivity index (χ0v) is 19.2. The van der Waals surface area contributed by atoms with Gasteiger partial charge in [0, 0.05) is 31.9 Å². The molecular weight excluding hydrogens is 404 g/mol. The quantitative estimate of drug-likeness (QED) is 0.664. The van der Waals surface area contributed by atoms with Crippen LogP contribution in [0.15, 0.2) is 29.2 Å². The molecule has 1 saturated heterocycles. The topological polar surface area (TPSA) is 64.7 Å². The normalized spacial score (nSPS) is 20.4. The molecule has 2 aliphatic rings. The molecule has 0 atom stereocenters. The summed E-state index contributed by atoms with van der Waals surface area (Å²) in [6.07, 6.45) is 10.2. The maximum atomic E-state index is 12.4. The van der Waals surface area contributed by atoms with Crippen LogP contribution in [0.25, 0.3) is 0 Å². The molecule has 0 radical (unpaired) electrons. The third-order valence-corrected chi connectivity index (χ3v) is 8.32. The summed E-state index contributed by atoms with van der Waals surface area (Å²) < 4.78 is 25.9. The largest absolute Gasteiger partial charge is 0.361 e. The fourth-order valence-corrected chi connectivity index (χ4v) is 5.69. The molecule has 0 amide bonds. The van der Waals surface area contributed by atoms with Gasteiger partial charge in [-0.3, -0.25) is 4.90 Å². The van der Waals surface area contributed by atoms with E-state index in [4.69, 9.17) is 12.2 Å². The van der Waals surface area contributed by atoms with Crippen LogP contribution < -0.4 is 10.6 Å². The second-order valence-corrected chi connectivity index (χ2v) is 11.0. The Hall–Kier alpha value is -1.22. The van der Waals surface area contributed by atoms with Gasteiger partial charge in [-0.05, 0) is 69.2 Å².